The average Bonchev–Trinajstić information content (AvgIpc) is 2.87. The molecule has 126 valence electrons. The Balaban J connectivity index is 1.85. The van der Waals surface area contributed by atoms with Crippen molar-refractivity contribution in [1.82, 2.24) is 10.2 Å². The van der Waals surface area contributed by atoms with Crippen LogP contribution in [0.3, 0.4) is 0 Å². The van der Waals surface area contributed by atoms with Gasteiger partial charge in [0.1, 0.15) is 0 Å². The Bertz CT molecular complexity index is 548. The summed E-state index contributed by atoms with van der Waals surface area (Å²) >= 11 is 0. The maximum absolute atomic E-state index is 12.2. The van der Waals surface area contributed by atoms with Crippen molar-refractivity contribution in [3.63, 3.8) is 0 Å². The van der Waals surface area contributed by atoms with Crippen molar-refractivity contribution in [2.24, 2.45) is 11.3 Å². The molecule has 0 aromatic heterocycles. The molecule has 23 heavy (non-hydrogen) atoms. The molecular weight excluding hydrogens is 288 g/mol. The van der Waals surface area contributed by atoms with Crippen LogP contribution in [0.4, 0.5) is 0 Å². The molecule has 1 heterocycles. The first-order valence-electron chi connectivity index (χ1n) is 8.54. The van der Waals surface area contributed by atoms with E-state index in [4.69, 9.17) is 4.74 Å². The van der Waals surface area contributed by atoms with Gasteiger partial charge in [-0.3, -0.25) is 9.69 Å². The van der Waals surface area contributed by atoms with Gasteiger partial charge in [-0.1, -0.05) is 30.3 Å². The maximum atomic E-state index is 12.2. The van der Waals surface area contributed by atoms with Crippen LogP contribution >= 0.6 is 0 Å². The molecule has 1 atom stereocenters. The van der Waals surface area contributed by atoms with E-state index in [0.29, 0.717) is 6.61 Å². The van der Waals surface area contributed by atoms with E-state index in [-0.39, 0.29) is 22.8 Å². The Hall–Kier alpha value is -1.39. The van der Waals surface area contributed by atoms with Gasteiger partial charge in [0.2, 0.25) is 5.91 Å². The maximum Gasteiger partial charge on any atom is 0.226 e. The number of carbonyl (C=O) groups is 1. The summed E-state index contributed by atoms with van der Waals surface area (Å²) in [6.07, 6.45) is 4.29. The summed E-state index contributed by atoms with van der Waals surface area (Å²) < 4.78 is 5.34. The number of nitrogens with one attached hydrogen (secondary N) is 1. The van der Waals surface area contributed by atoms with Crippen LogP contribution < -0.4 is 5.32 Å². The van der Waals surface area contributed by atoms with E-state index in [1.54, 1.807) is 7.11 Å². The highest BCUT2D eigenvalue weighted by atomic mass is 16.5. The fourth-order valence-corrected chi connectivity index (χ4v) is 4.64. The quantitative estimate of drug-likeness (QED) is 0.927. The fourth-order valence-electron chi connectivity index (χ4n) is 4.64. The summed E-state index contributed by atoms with van der Waals surface area (Å²) in [5, 5.41) is 3.08. The van der Waals surface area contributed by atoms with E-state index < -0.39 is 0 Å². The van der Waals surface area contributed by atoms with Gasteiger partial charge in [0.15, 0.2) is 0 Å². The normalized spacial score (nSPS) is 34.1. The molecule has 0 radical (unpaired) electrons. The first-order chi connectivity index (χ1) is 11.0. The predicted octanol–water partition coefficient (Wildman–Crippen LogP) is 2.40. The lowest BCUT2D eigenvalue weighted by molar-refractivity contribution is -0.127. The minimum atomic E-state index is 0.00318. The molecule has 2 aliphatic rings. The molecule has 1 aromatic carbocycles. The van der Waals surface area contributed by atoms with Gasteiger partial charge in [0.05, 0.1) is 12.5 Å². The molecule has 1 saturated heterocycles. The first kappa shape index (κ1) is 16.5. The van der Waals surface area contributed by atoms with E-state index in [9.17, 15) is 4.79 Å². The lowest BCUT2D eigenvalue weighted by Crippen LogP contribution is -2.49. The molecule has 2 fully saturated rings. The van der Waals surface area contributed by atoms with Crippen LogP contribution in [0, 0.1) is 11.3 Å². The van der Waals surface area contributed by atoms with Crippen molar-refractivity contribution < 1.29 is 9.53 Å². The number of nitrogens with zero attached hydrogens (tertiary/aromatic N) is 1. The smallest absolute Gasteiger partial charge is 0.226 e. The molecule has 3 rings (SSSR count). The summed E-state index contributed by atoms with van der Waals surface area (Å²) in [4.78, 5) is 14.6. The zero-order valence-electron chi connectivity index (χ0n) is 14.5. The van der Waals surface area contributed by atoms with E-state index in [1.807, 2.05) is 0 Å². The predicted molar refractivity (Wildman–Crippen MR) is 91.1 cm³/mol. The zero-order chi connectivity index (χ0) is 16.5. The highest BCUT2D eigenvalue weighted by Gasteiger charge is 2.53. The van der Waals surface area contributed by atoms with Crippen LogP contribution in [0.2, 0.25) is 0 Å². The van der Waals surface area contributed by atoms with Crippen molar-refractivity contribution >= 4 is 5.91 Å². The van der Waals surface area contributed by atoms with Crippen LogP contribution in [0.15, 0.2) is 30.3 Å². The van der Waals surface area contributed by atoms with Crippen LogP contribution in [0.5, 0.6) is 0 Å². The van der Waals surface area contributed by atoms with Gasteiger partial charge in [0, 0.05) is 24.6 Å². The molecule has 1 aliphatic carbocycles. The second-order valence-electron chi connectivity index (χ2n) is 7.38. The Kier molecular flexibility index (Phi) is 4.47. The summed E-state index contributed by atoms with van der Waals surface area (Å²) in [6, 6.07) is 10.8. The first-order valence-corrected chi connectivity index (χ1v) is 8.54. The number of ether oxygens (including phenoxy) is 1. The highest BCUT2D eigenvalue weighted by molar-refractivity contribution is 5.82. The Morgan fingerprint density at radius 2 is 1.83 bits per heavy atom. The van der Waals surface area contributed by atoms with Crippen LogP contribution in [-0.4, -0.2) is 45.2 Å². The number of hydrogen-bond donors (Lipinski definition) is 1. The van der Waals surface area contributed by atoms with Crippen LogP contribution in [-0.2, 0) is 15.1 Å². The third-order valence-electron chi connectivity index (χ3n) is 6.24. The van der Waals surface area contributed by atoms with E-state index in [2.05, 4.69) is 54.6 Å². The van der Waals surface area contributed by atoms with Crippen molar-refractivity contribution in [2.45, 2.75) is 31.2 Å². The van der Waals surface area contributed by atoms with Gasteiger partial charge in [-0.05, 0) is 45.3 Å². The van der Waals surface area contributed by atoms with Gasteiger partial charge >= 0.3 is 0 Å². The lowest BCUT2D eigenvalue weighted by Gasteiger charge is -2.50. The number of benzene rings is 1. The van der Waals surface area contributed by atoms with Crippen LogP contribution in [0.1, 0.15) is 31.2 Å². The topological polar surface area (TPSA) is 41.6 Å². The third-order valence-corrected chi connectivity index (χ3v) is 6.24. The second kappa shape index (κ2) is 6.25. The Morgan fingerprint density at radius 3 is 2.39 bits per heavy atom. The van der Waals surface area contributed by atoms with Crippen molar-refractivity contribution in [1.29, 1.82) is 0 Å². The monoisotopic (exact) mass is 316 g/mol. The summed E-state index contributed by atoms with van der Waals surface area (Å²) in [5.74, 6) is 0.173. The highest BCUT2D eigenvalue weighted by Crippen LogP contribution is 2.52. The van der Waals surface area contributed by atoms with Crippen LogP contribution in [0.25, 0.3) is 0 Å². The summed E-state index contributed by atoms with van der Waals surface area (Å²) in [5.41, 5.74) is 1.54. The number of hydrogen-bond acceptors (Lipinski definition) is 3. The fraction of sp³-hybridized carbons (Fsp3) is 0.632. The van der Waals surface area contributed by atoms with Crippen molar-refractivity contribution in [3.8, 4) is 0 Å². The van der Waals surface area contributed by atoms with Crippen molar-refractivity contribution in [2.75, 3.05) is 34.4 Å². The summed E-state index contributed by atoms with van der Waals surface area (Å²) in [7, 11) is 6.04. The number of carbonyl (C=O) groups excluding carboxylic acids is 1. The van der Waals surface area contributed by atoms with Gasteiger partial charge in [0.25, 0.3) is 0 Å². The zero-order valence-corrected chi connectivity index (χ0v) is 14.5. The molecule has 1 unspecified atom stereocenters. The van der Waals surface area contributed by atoms with Gasteiger partial charge in [-0.15, -0.1) is 0 Å². The molecule has 1 aromatic rings. The number of methoxy groups -OCH3 is 1. The summed E-state index contributed by atoms with van der Waals surface area (Å²) in [6.45, 7) is 1.34. The van der Waals surface area contributed by atoms with E-state index in [0.717, 1.165) is 32.2 Å². The molecule has 1 amide bonds. The van der Waals surface area contributed by atoms with E-state index in [1.165, 1.54) is 5.56 Å². The minimum absolute atomic E-state index is 0.00318. The van der Waals surface area contributed by atoms with Gasteiger partial charge in [-0.2, -0.15) is 0 Å². The average molecular weight is 316 g/mol. The molecule has 1 spiro atoms. The second-order valence-corrected chi connectivity index (χ2v) is 7.38. The van der Waals surface area contributed by atoms with Gasteiger partial charge < -0.3 is 10.1 Å². The van der Waals surface area contributed by atoms with E-state index >= 15 is 0 Å². The number of amides is 1. The van der Waals surface area contributed by atoms with Crippen molar-refractivity contribution in [3.05, 3.63) is 35.9 Å². The molecule has 0 bridgehead atoms. The molecule has 4 heteroatoms. The molecular formula is C19H28N2O2. The van der Waals surface area contributed by atoms with Gasteiger partial charge in [-0.25, -0.2) is 0 Å². The minimum Gasteiger partial charge on any atom is -0.384 e. The Morgan fingerprint density at radius 1 is 1.17 bits per heavy atom. The lowest BCUT2D eigenvalue weighted by atomic mass is 9.61. The largest absolute Gasteiger partial charge is 0.384 e. The SMILES string of the molecule is COCC1C(=O)NCC12CCC(c1ccccc1)(N(C)C)CC2. The molecule has 4 nitrogen and oxygen atoms in total. The standard InChI is InChI=1S/C19H28N2O2/c1-21(2)19(15-7-5-4-6-8-15)11-9-18(10-12-19)14-20-17(22)16(18)13-23-3/h4-8,16H,9-14H2,1-3H3,(H,20,22). The number of rotatable bonds is 4. The Labute approximate surface area is 139 Å². The molecule has 1 aliphatic heterocycles. The molecule has 1 saturated carbocycles. The molecule has 1 N–H and O–H groups in total. The third kappa shape index (κ3) is 2.68.